The maximum atomic E-state index is 13.1. The van der Waals surface area contributed by atoms with Gasteiger partial charge < -0.3 is 15.8 Å². The molecule has 3 N–H and O–H groups in total. The standard InChI is InChI=1S/C24H23N5O3/c1-15-8-9-20(32-2)17(12-15)10-11-26-24(31)19-13-18(16-6-4-3-5-7-16)28-23-21(22(25)30)27-14-29(19)23/h3-9,12-14H,10-11H2,1-2H3,(H2,25,30)(H,26,31). The van der Waals surface area contributed by atoms with Crippen molar-refractivity contribution in [1.29, 1.82) is 0 Å². The first-order valence-electron chi connectivity index (χ1n) is 10.1. The molecule has 8 heteroatoms. The number of hydrogen-bond acceptors (Lipinski definition) is 5. The van der Waals surface area contributed by atoms with Crippen molar-refractivity contribution in [2.24, 2.45) is 5.73 Å². The lowest BCUT2D eigenvalue weighted by molar-refractivity contribution is 0.0945. The summed E-state index contributed by atoms with van der Waals surface area (Å²) in [6, 6.07) is 17.0. The van der Waals surface area contributed by atoms with Gasteiger partial charge in [-0.25, -0.2) is 9.97 Å². The van der Waals surface area contributed by atoms with Crippen LogP contribution >= 0.6 is 0 Å². The second-order valence-electron chi connectivity index (χ2n) is 7.36. The monoisotopic (exact) mass is 429 g/mol. The number of aryl methyl sites for hydroxylation is 1. The van der Waals surface area contributed by atoms with Crippen LogP contribution in [0.5, 0.6) is 5.75 Å². The molecule has 0 fully saturated rings. The molecule has 0 atom stereocenters. The van der Waals surface area contributed by atoms with Gasteiger partial charge in [-0.1, -0.05) is 48.0 Å². The molecule has 0 aliphatic carbocycles. The number of primary amides is 1. The molecular weight excluding hydrogens is 406 g/mol. The number of ether oxygens (including phenoxy) is 1. The molecule has 0 bridgehead atoms. The highest BCUT2D eigenvalue weighted by atomic mass is 16.5. The van der Waals surface area contributed by atoms with E-state index >= 15 is 0 Å². The quantitative estimate of drug-likeness (QED) is 0.469. The Morgan fingerprint density at radius 2 is 1.91 bits per heavy atom. The number of amides is 2. The van der Waals surface area contributed by atoms with E-state index in [4.69, 9.17) is 10.5 Å². The summed E-state index contributed by atoms with van der Waals surface area (Å²) in [6.07, 6.45) is 1.99. The van der Waals surface area contributed by atoms with Crippen LogP contribution in [0.2, 0.25) is 0 Å². The van der Waals surface area contributed by atoms with Crippen LogP contribution in [0, 0.1) is 6.92 Å². The van der Waals surface area contributed by atoms with Gasteiger partial charge in [-0.15, -0.1) is 0 Å². The fourth-order valence-electron chi connectivity index (χ4n) is 3.58. The molecule has 8 nitrogen and oxygen atoms in total. The first-order valence-corrected chi connectivity index (χ1v) is 10.1. The molecule has 0 saturated carbocycles. The minimum absolute atomic E-state index is 0.0151. The molecule has 2 aromatic carbocycles. The highest BCUT2D eigenvalue weighted by molar-refractivity contribution is 5.99. The fourth-order valence-corrected chi connectivity index (χ4v) is 3.58. The summed E-state index contributed by atoms with van der Waals surface area (Å²) in [5, 5.41) is 2.94. The molecule has 2 aromatic heterocycles. The largest absolute Gasteiger partial charge is 0.496 e. The molecule has 4 rings (SSSR count). The van der Waals surface area contributed by atoms with Crippen LogP contribution in [0.25, 0.3) is 16.9 Å². The molecule has 162 valence electrons. The van der Waals surface area contributed by atoms with Crippen LogP contribution in [0.4, 0.5) is 0 Å². The second kappa shape index (κ2) is 8.89. The lowest BCUT2D eigenvalue weighted by Gasteiger charge is -2.12. The van der Waals surface area contributed by atoms with Crippen LogP contribution in [0.15, 0.2) is 60.9 Å². The van der Waals surface area contributed by atoms with Gasteiger partial charge in [-0.3, -0.25) is 14.0 Å². The number of hydrogen-bond donors (Lipinski definition) is 2. The lowest BCUT2D eigenvalue weighted by atomic mass is 10.1. The molecule has 0 spiro atoms. The molecule has 0 aliphatic heterocycles. The summed E-state index contributed by atoms with van der Waals surface area (Å²) < 4.78 is 6.89. The van der Waals surface area contributed by atoms with E-state index in [9.17, 15) is 9.59 Å². The van der Waals surface area contributed by atoms with E-state index in [1.165, 1.54) is 10.7 Å². The Morgan fingerprint density at radius 3 is 2.62 bits per heavy atom. The molecule has 2 heterocycles. The summed E-state index contributed by atoms with van der Waals surface area (Å²) >= 11 is 0. The van der Waals surface area contributed by atoms with Crippen molar-refractivity contribution >= 4 is 17.5 Å². The Bertz CT molecular complexity index is 1300. The zero-order valence-corrected chi connectivity index (χ0v) is 17.8. The third-order valence-electron chi connectivity index (χ3n) is 5.15. The molecule has 2 amide bonds. The van der Waals surface area contributed by atoms with E-state index in [1.807, 2.05) is 55.5 Å². The van der Waals surface area contributed by atoms with E-state index < -0.39 is 5.91 Å². The minimum Gasteiger partial charge on any atom is -0.496 e. The summed E-state index contributed by atoms with van der Waals surface area (Å²) in [5.74, 6) is -0.235. The van der Waals surface area contributed by atoms with E-state index in [-0.39, 0.29) is 17.2 Å². The van der Waals surface area contributed by atoms with Crippen molar-refractivity contribution in [3.05, 3.63) is 83.4 Å². The van der Waals surface area contributed by atoms with Crippen molar-refractivity contribution in [1.82, 2.24) is 19.7 Å². The number of benzene rings is 2. The molecule has 0 unspecified atom stereocenters. The Hall–Kier alpha value is -4.20. The van der Waals surface area contributed by atoms with E-state index in [2.05, 4.69) is 15.3 Å². The maximum absolute atomic E-state index is 13.1. The Labute approximate surface area is 185 Å². The molecule has 4 aromatic rings. The normalized spacial score (nSPS) is 10.8. The van der Waals surface area contributed by atoms with Gasteiger partial charge in [0.1, 0.15) is 17.8 Å². The van der Waals surface area contributed by atoms with Gasteiger partial charge >= 0.3 is 0 Å². The van der Waals surface area contributed by atoms with Gasteiger partial charge in [0.25, 0.3) is 11.8 Å². The highest BCUT2D eigenvalue weighted by Crippen LogP contribution is 2.22. The van der Waals surface area contributed by atoms with Crippen LogP contribution in [-0.4, -0.2) is 39.8 Å². The van der Waals surface area contributed by atoms with Crippen LogP contribution in [0.1, 0.15) is 32.1 Å². The number of methoxy groups -OCH3 is 1. The smallest absolute Gasteiger partial charge is 0.271 e. The third-order valence-corrected chi connectivity index (χ3v) is 5.15. The number of nitrogens with two attached hydrogens (primary N) is 1. The Kier molecular flexibility index (Phi) is 5.85. The fraction of sp³-hybridized carbons (Fsp3) is 0.167. The van der Waals surface area contributed by atoms with Gasteiger partial charge in [0.2, 0.25) is 0 Å². The van der Waals surface area contributed by atoms with Crippen LogP contribution < -0.4 is 15.8 Å². The predicted octanol–water partition coefficient (Wildman–Crippen LogP) is 2.78. The van der Waals surface area contributed by atoms with Gasteiger partial charge in [0.05, 0.1) is 12.8 Å². The summed E-state index contributed by atoms with van der Waals surface area (Å²) in [6.45, 7) is 2.41. The molecule has 0 radical (unpaired) electrons. The van der Waals surface area contributed by atoms with Crippen molar-refractivity contribution in [2.45, 2.75) is 13.3 Å². The van der Waals surface area contributed by atoms with Gasteiger partial charge in [0, 0.05) is 12.1 Å². The number of carbonyl (C=O) groups excluding carboxylic acids is 2. The number of rotatable bonds is 7. The number of aromatic nitrogens is 3. The molecule has 32 heavy (non-hydrogen) atoms. The van der Waals surface area contributed by atoms with Gasteiger partial charge in [-0.2, -0.15) is 0 Å². The van der Waals surface area contributed by atoms with Gasteiger partial charge in [0.15, 0.2) is 11.3 Å². The number of carbonyl (C=O) groups is 2. The molecular formula is C24H23N5O3. The van der Waals surface area contributed by atoms with E-state index in [0.717, 1.165) is 22.4 Å². The van der Waals surface area contributed by atoms with Crippen molar-refractivity contribution in [3.63, 3.8) is 0 Å². The predicted molar refractivity (Wildman–Crippen MR) is 121 cm³/mol. The first kappa shape index (κ1) is 21.0. The van der Waals surface area contributed by atoms with Crippen LogP contribution in [-0.2, 0) is 6.42 Å². The van der Waals surface area contributed by atoms with E-state index in [0.29, 0.717) is 24.4 Å². The molecule has 0 aliphatic rings. The topological polar surface area (TPSA) is 112 Å². The third kappa shape index (κ3) is 4.15. The Balaban J connectivity index is 1.65. The van der Waals surface area contributed by atoms with Crippen molar-refractivity contribution in [2.75, 3.05) is 13.7 Å². The minimum atomic E-state index is -0.705. The maximum Gasteiger partial charge on any atom is 0.271 e. The summed E-state index contributed by atoms with van der Waals surface area (Å²) in [5.41, 5.74) is 9.51. The second-order valence-corrected chi connectivity index (χ2v) is 7.36. The van der Waals surface area contributed by atoms with Crippen molar-refractivity contribution < 1.29 is 14.3 Å². The zero-order valence-electron chi connectivity index (χ0n) is 17.8. The molecule has 0 saturated heterocycles. The number of nitrogens with zero attached hydrogens (tertiary/aromatic N) is 3. The first-order chi connectivity index (χ1) is 15.5. The highest BCUT2D eigenvalue weighted by Gasteiger charge is 2.19. The average molecular weight is 429 g/mol. The number of fused-ring (bicyclic) bond motifs is 1. The van der Waals surface area contributed by atoms with Crippen molar-refractivity contribution in [3.8, 4) is 17.0 Å². The number of nitrogens with one attached hydrogen (secondary N) is 1. The Morgan fingerprint density at radius 1 is 1.12 bits per heavy atom. The lowest BCUT2D eigenvalue weighted by Crippen LogP contribution is -2.28. The summed E-state index contributed by atoms with van der Waals surface area (Å²) in [7, 11) is 1.63. The van der Waals surface area contributed by atoms with Gasteiger partial charge in [-0.05, 0) is 31.0 Å². The number of imidazole rings is 1. The SMILES string of the molecule is COc1ccc(C)cc1CCNC(=O)c1cc(-c2ccccc2)nc2c(C(N)=O)ncn12. The average Bonchev–Trinajstić information content (AvgIpc) is 3.23. The zero-order chi connectivity index (χ0) is 22.7. The van der Waals surface area contributed by atoms with Crippen LogP contribution in [0.3, 0.4) is 0 Å². The van der Waals surface area contributed by atoms with E-state index in [1.54, 1.807) is 13.2 Å². The summed E-state index contributed by atoms with van der Waals surface area (Å²) in [4.78, 5) is 33.5.